The summed E-state index contributed by atoms with van der Waals surface area (Å²) in [4.78, 5) is 2.28. The number of likely N-dealkylation sites (N-methyl/N-ethyl adjacent to an activating group) is 1. The highest BCUT2D eigenvalue weighted by Crippen LogP contribution is 2.31. The summed E-state index contributed by atoms with van der Waals surface area (Å²) in [7, 11) is 1.74. The maximum atomic E-state index is 6.28. The maximum Gasteiger partial charge on any atom is 0.0481 e. The van der Waals surface area contributed by atoms with Gasteiger partial charge in [0, 0.05) is 22.2 Å². The van der Waals surface area contributed by atoms with E-state index in [9.17, 15) is 0 Å². The zero-order valence-corrected chi connectivity index (χ0v) is 12.6. The fourth-order valence-corrected chi connectivity index (χ4v) is 2.20. The van der Waals surface area contributed by atoms with Gasteiger partial charge in [-0.15, -0.1) is 12.7 Å². The van der Waals surface area contributed by atoms with Crippen molar-refractivity contribution < 1.29 is 0 Å². The number of benzene rings is 1. The quantitative estimate of drug-likeness (QED) is 0.727. The highest BCUT2D eigenvalue weighted by atomic mass is 35.5. The molecular formula is C14H19Cl2N2-. The molecule has 0 unspecified atom stereocenters. The average Bonchev–Trinajstić information content (AvgIpc) is 2.39. The number of rotatable bonds is 6. The van der Waals surface area contributed by atoms with E-state index >= 15 is 0 Å². The Bertz CT molecular complexity index is 412. The van der Waals surface area contributed by atoms with Crippen molar-refractivity contribution in [2.75, 3.05) is 26.7 Å². The van der Waals surface area contributed by atoms with Gasteiger partial charge < -0.3 is 10.2 Å². The molecule has 0 aliphatic carbocycles. The van der Waals surface area contributed by atoms with E-state index in [-0.39, 0.29) is 0 Å². The minimum Gasteiger partial charge on any atom is -0.687 e. The largest absolute Gasteiger partial charge is 0.687 e. The molecule has 0 N–H and O–H groups in total. The topological polar surface area (TPSA) is 17.3 Å². The third-order valence-corrected chi connectivity index (χ3v) is 3.56. The van der Waals surface area contributed by atoms with Crippen LogP contribution < -0.4 is 0 Å². The van der Waals surface area contributed by atoms with E-state index in [1.807, 2.05) is 24.3 Å². The van der Waals surface area contributed by atoms with Gasteiger partial charge in [-0.2, -0.15) is 0 Å². The predicted molar refractivity (Wildman–Crippen MR) is 82.0 cm³/mol. The Morgan fingerprint density at radius 3 is 2.50 bits per heavy atom. The molecule has 0 aromatic heterocycles. The first-order chi connectivity index (χ1) is 8.62. The van der Waals surface area contributed by atoms with E-state index in [2.05, 4.69) is 24.1 Å². The standard InChI is InChI=1S/C14H19Cl2N2/c1-4-18(5-2)9-8-13(15)12-7-6-11(17-3)10-14(12)16/h6-8,10H,4-5,9H2,1-3H3/q-1/b13-8-. The summed E-state index contributed by atoms with van der Waals surface area (Å²) < 4.78 is 0. The number of nitrogens with zero attached hydrogens (tertiary/aromatic N) is 2. The lowest BCUT2D eigenvalue weighted by Crippen LogP contribution is -2.22. The van der Waals surface area contributed by atoms with Gasteiger partial charge in [-0.05, 0) is 13.1 Å². The summed E-state index contributed by atoms with van der Waals surface area (Å²) in [5.74, 6) is 0. The van der Waals surface area contributed by atoms with Crippen LogP contribution in [0.25, 0.3) is 10.3 Å². The zero-order chi connectivity index (χ0) is 13.5. The number of hydrogen-bond acceptors (Lipinski definition) is 1. The summed E-state index contributed by atoms with van der Waals surface area (Å²) in [5, 5.41) is 5.40. The molecule has 0 heterocycles. The van der Waals surface area contributed by atoms with Crippen molar-refractivity contribution in [3.8, 4) is 0 Å². The molecule has 100 valence electrons. The molecule has 2 nitrogen and oxygen atoms in total. The summed E-state index contributed by atoms with van der Waals surface area (Å²) in [6.07, 6.45) is 2.00. The van der Waals surface area contributed by atoms with Crippen LogP contribution in [-0.2, 0) is 0 Å². The molecule has 1 aromatic rings. The fourth-order valence-electron chi connectivity index (χ4n) is 1.64. The van der Waals surface area contributed by atoms with Crippen LogP contribution in [0.4, 0.5) is 5.69 Å². The van der Waals surface area contributed by atoms with Crippen molar-refractivity contribution in [1.29, 1.82) is 0 Å². The number of hydrogen-bond donors (Lipinski definition) is 0. The van der Waals surface area contributed by atoms with E-state index < -0.39 is 0 Å². The Morgan fingerprint density at radius 1 is 1.33 bits per heavy atom. The lowest BCUT2D eigenvalue weighted by Gasteiger charge is -2.17. The van der Waals surface area contributed by atoms with Gasteiger partial charge >= 0.3 is 0 Å². The zero-order valence-electron chi connectivity index (χ0n) is 11.1. The third kappa shape index (κ3) is 4.20. The molecule has 0 atom stereocenters. The van der Waals surface area contributed by atoms with Crippen molar-refractivity contribution in [3.63, 3.8) is 0 Å². The monoisotopic (exact) mass is 285 g/mol. The highest BCUT2D eigenvalue weighted by molar-refractivity contribution is 6.50. The first-order valence-electron chi connectivity index (χ1n) is 6.10. The maximum absolute atomic E-state index is 6.28. The first-order valence-corrected chi connectivity index (χ1v) is 6.85. The third-order valence-electron chi connectivity index (χ3n) is 2.89. The average molecular weight is 286 g/mol. The van der Waals surface area contributed by atoms with Crippen LogP contribution >= 0.6 is 23.2 Å². The van der Waals surface area contributed by atoms with Gasteiger partial charge in [0.25, 0.3) is 0 Å². The van der Waals surface area contributed by atoms with E-state index in [4.69, 9.17) is 23.2 Å². The highest BCUT2D eigenvalue weighted by Gasteiger charge is 2.04. The van der Waals surface area contributed by atoms with E-state index in [0.29, 0.717) is 10.1 Å². The molecule has 1 aromatic carbocycles. The van der Waals surface area contributed by atoms with E-state index in [0.717, 1.165) is 30.9 Å². The molecule has 0 bridgehead atoms. The SMILES string of the molecule is CCN(CC)C/C=C(\Cl)c1ccc([N-]C)cc1Cl. The molecule has 18 heavy (non-hydrogen) atoms. The van der Waals surface area contributed by atoms with Gasteiger partial charge in [0.05, 0.1) is 0 Å². The van der Waals surface area contributed by atoms with E-state index in [1.54, 1.807) is 7.05 Å². The summed E-state index contributed by atoms with van der Waals surface area (Å²) >= 11 is 12.5. The molecule has 0 fully saturated rings. The molecule has 0 amide bonds. The summed E-state index contributed by atoms with van der Waals surface area (Å²) in [5.41, 5.74) is 1.72. The molecule has 0 aliphatic heterocycles. The second-order valence-electron chi connectivity index (χ2n) is 3.93. The molecule has 0 saturated carbocycles. The minimum atomic E-state index is 0.638. The number of halogens is 2. The molecule has 0 radical (unpaired) electrons. The predicted octanol–water partition coefficient (Wildman–Crippen LogP) is 4.90. The van der Waals surface area contributed by atoms with Crippen LogP contribution in [-0.4, -0.2) is 31.6 Å². The van der Waals surface area contributed by atoms with Gasteiger partial charge in [-0.3, -0.25) is 0 Å². The first kappa shape index (κ1) is 15.4. The van der Waals surface area contributed by atoms with Crippen molar-refractivity contribution >= 4 is 33.9 Å². The normalized spacial score (nSPS) is 12.0. The van der Waals surface area contributed by atoms with Crippen LogP contribution in [0.2, 0.25) is 5.02 Å². The van der Waals surface area contributed by atoms with E-state index in [1.165, 1.54) is 0 Å². The lowest BCUT2D eigenvalue weighted by atomic mass is 10.2. The summed E-state index contributed by atoms with van der Waals surface area (Å²) in [6.45, 7) is 7.13. The second kappa shape index (κ2) is 7.67. The Kier molecular flexibility index (Phi) is 6.55. The summed E-state index contributed by atoms with van der Waals surface area (Å²) in [6, 6.07) is 5.64. The van der Waals surface area contributed by atoms with Crippen LogP contribution in [0.1, 0.15) is 19.4 Å². The minimum absolute atomic E-state index is 0.638. The van der Waals surface area contributed by atoms with Crippen LogP contribution in [0, 0.1) is 0 Å². The molecular weight excluding hydrogens is 267 g/mol. The van der Waals surface area contributed by atoms with Gasteiger partial charge in [-0.1, -0.05) is 61.3 Å². The molecule has 0 saturated heterocycles. The van der Waals surface area contributed by atoms with Crippen molar-refractivity contribution in [1.82, 2.24) is 4.90 Å². The van der Waals surface area contributed by atoms with Crippen LogP contribution in [0.15, 0.2) is 24.3 Å². The molecule has 0 spiro atoms. The van der Waals surface area contributed by atoms with Crippen LogP contribution in [0.3, 0.4) is 0 Å². The van der Waals surface area contributed by atoms with Gasteiger partial charge in [0.2, 0.25) is 0 Å². The smallest absolute Gasteiger partial charge is 0.0481 e. The Labute approximate surface area is 120 Å². The van der Waals surface area contributed by atoms with Gasteiger partial charge in [-0.25, -0.2) is 0 Å². The molecule has 1 rings (SSSR count). The second-order valence-corrected chi connectivity index (χ2v) is 4.74. The van der Waals surface area contributed by atoms with Crippen molar-refractivity contribution in [2.24, 2.45) is 0 Å². The van der Waals surface area contributed by atoms with Crippen LogP contribution in [0.5, 0.6) is 0 Å². The Balaban J connectivity index is 2.83. The van der Waals surface area contributed by atoms with Gasteiger partial charge in [0.1, 0.15) is 0 Å². The Hall–Kier alpha value is -0.700. The van der Waals surface area contributed by atoms with Gasteiger partial charge in [0.15, 0.2) is 0 Å². The molecule has 0 aliphatic rings. The van der Waals surface area contributed by atoms with Crippen molar-refractivity contribution in [3.05, 3.63) is 40.2 Å². The lowest BCUT2D eigenvalue weighted by molar-refractivity contribution is 0.338. The Morgan fingerprint density at radius 2 is 2.00 bits per heavy atom. The molecule has 4 heteroatoms. The fraction of sp³-hybridized carbons (Fsp3) is 0.429. The van der Waals surface area contributed by atoms with Crippen molar-refractivity contribution in [2.45, 2.75) is 13.8 Å².